The first-order valence-corrected chi connectivity index (χ1v) is 8.17. The number of nitrogens with one attached hydrogen (secondary N) is 1. The van der Waals surface area contributed by atoms with Gasteiger partial charge < -0.3 is 0 Å². The lowest BCUT2D eigenvalue weighted by atomic mass is 10.2. The van der Waals surface area contributed by atoms with E-state index in [4.69, 9.17) is 0 Å². The summed E-state index contributed by atoms with van der Waals surface area (Å²) in [4.78, 5) is 18.8. The molecule has 0 bridgehead atoms. The standard InChI is InChI=1S/C15H18N2OS2/c1-9(2)19-13-7-5-6-12(8-13)14(18)17-15-16-10(3)11(4)20-15/h5-9H,1-4H3,(H,16,17,18). The fraction of sp³-hybridized carbons (Fsp3) is 0.333. The van der Waals surface area contributed by atoms with Crippen molar-refractivity contribution in [2.24, 2.45) is 0 Å². The second-order valence-corrected chi connectivity index (χ2v) is 7.66. The van der Waals surface area contributed by atoms with Crippen LogP contribution in [0.4, 0.5) is 5.13 Å². The van der Waals surface area contributed by atoms with Gasteiger partial charge in [-0.15, -0.1) is 23.1 Å². The van der Waals surface area contributed by atoms with Crippen LogP contribution in [0.1, 0.15) is 34.8 Å². The molecule has 0 radical (unpaired) electrons. The summed E-state index contributed by atoms with van der Waals surface area (Å²) >= 11 is 3.25. The first-order chi connectivity index (χ1) is 9.45. The highest BCUT2D eigenvalue weighted by molar-refractivity contribution is 7.99. The van der Waals surface area contributed by atoms with Crippen LogP contribution in [-0.2, 0) is 0 Å². The summed E-state index contributed by atoms with van der Waals surface area (Å²) in [7, 11) is 0. The molecule has 1 amide bonds. The van der Waals surface area contributed by atoms with E-state index in [2.05, 4.69) is 24.1 Å². The highest BCUT2D eigenvalue weighted by Gasteiger charge is 2.11. The molecular formula is C15H18N2OS2. The molecule has 1 N–H and O–H groups in total. The lowest BCUT2D eigenvalue weighted by Gasteiger charge is -2.07. The van der Waals surface area contributed by atoms with E-state index in [0.29, 0.717) is 15.9 Å². The normalized spacial score (nSPS) is 10.8. The minimum Gasteiger partial charge on any atom is -0.298 e. The van der Waals surface area contributed by atoms with Crippen LogP contribution in [-0.4, -0.2) is 16.1 Å². The molecule has 2 aromatic rings. The van der Waals surface area contributed by atoms with E-state index in [9.17, 15) is 4.79 Å². The third-order valence-corrected chi connectivity index (χ3v) is 4.70. The van der Waals surface area contributed by atoms with Crippen molar-refractivity contribution < 1.29 is 4.79 Å². The predicted molar refractivity (Wildman–Crippen MR) is 87.0 cm³/mol. The number of thiazole rings is 1. The number of thioether (sulfide) groups is 1. The van der Waals surface area contributed by atoms with Crippen LogP contribution in [0.5, 0.6) is 0 Å². The van der Waals surface area contributed by atoms with Crippen LogP contribution in [0.3, 0.4) is 0 Å². The Kier molecular flexibility index (Phi) is 4.83. The summed E-state index contributed by atoms with van der Waals surface area (Å²) in [5.41, 5.74) is 1.63. The Hall–Kier alpha value is -1.33. The molecule has 0 fully saturated rings. The third-order valence-electron chi connectivity index (χ3n) is 2.72. The molecule has 1 aromatic heterocycles. The van der Waals surface area contributed by atoms with E-state index < -0.39 is 0 Å². The van der Waals surface area contributed by atoms with E-state index in [0.717, 1.165) is 15.5 Å². The molecule has 0 saturated heterocycles. The number of nitrogens with zero attached hydrogens (tertiary/aromatic N) is 1. The Morgan fingerprint density at radius 3 is 2.70 bits per heavy atom. The number of aryl methyl sites for hydroxylation is 2. The smallest absolute Gasteiger partial charge is 0.257 e. The van der Waals surface area contributed by atoms with Gasteiger partial charge in [-0.3, -0.25) is 10.1 Å². The Morgan fingerprint density at radius 2 is 2.10 bits per heavy atom. The van der Waals surface area contributed by atoms with Crippen molar-refractivity contribution in [3.8, 4) is 0 Å². The zero-order valence-corrected chi connectivity index (χ0v) is 13.7. The molecule has 3 nitrogen and oxygen atoms in total. The van der Waals surface area contributed by atoms with E-state index in [1.54, 1.807) is 11.8 Å². The van der Waals surface area contributed by atoms with Crippen molar-refractivity contribution in [1.82, 2.24) is 4.98 Å². The molecule has 2 rings (SSSR count). The van der Waals surface area contributed by atoms with Crippen molar-refractivity contribution in [2.45, 2.75) is 37.8 Å². The highest BCUT2D eigenvalue weighted by Crippen LogP contribution is 2.25. The molecule has 0 aliphatic rings. The average Bonchev–Trinajstić information content (AvgIpc) is 2.67. The number of benzene rings is 1. The van der Waals surface area contributed by atoms with Crippen LogP contribution in [0.2, 0.25) is 0 Å². The minimum absolute atomic E-state index is 0.107. The van der Waals surface area contributed by atoms with Gasteiger partial charge in [0, 0.05) is 20.6 Å². The maximum Gasteiger partial charge on any atom is 0.257 e. The van der Waals surface area contributed by atoms with E-state index in [-0.39, 0.29) is 5.91 Å². The summed E-state index contributed by atoms with van der Waals surface area (Å²) < 4.78 is 0. The fourth-order valence-electron chi connectivity index (χ4n) is 1.68. The highest BCUT2D eigenvalue weighted by atomic mass is 32.2. The molecule has 0 spiro atoms. The Morgan fingerprint density at radius 1 is 1.35 bits per heavy atom. The Labute approximate surface area is 127 Å². The van der Waals surface area contributed by atoms with Gasteiger partial charge in [0.2, 0.25) is 0 Å². The monoisotopic (exact) mass is 306 g/mol. The average molecular weight is 306 g/mol. The van der Waals surface area contributed by atoms with Crippen LogP contribution in [0.15, 0.2) is 29.2 Å². The third kappa shape index (κ3) is 3.84. The van der Waals surface area contributed by atoms with Gasteiger partial charge in [-0.2, -0.15) is 0 Å². The SMILES string of the molecule is Cc1nc(NC(=O)c2cccc(SC(C)C)c2)sc1C. The molecule has 20 heavy (non-hydrogen) atoms. The molecule has 0 aliphatic heterocycles. The second kappa shape index (κ2) is 6.41. The summed E-state index contributed by atoms with van der Waals surface area (Å²) in [6.45, 7) is 8.22. The number of hydrogen-bond donors (Lipinski definition) is 1. The quantitative estimate of drug-likeness (QED) is 0.845. The summed E-state index contributed by atoms with van der Waals surface area (Å²) in [5, 5.41) is 4.02. The molecule has 0 atom stereocenters. The molecule has 5 heteroatoms. The van der Waals surface area contributed by atoms with Gasteiger partial charge in [-0.05, 0) is 32.0 Å². The van der Waals surface area contributed by atoms with Gasteiger partial charge >= 0.3 is 0 Å². The zero-order chi connectivity index (χ0) is 14.7. The Balaban J connectivity index is 2.12. The zero-order valence-electron chi connectivity index (χ0n) is 12.1. The van der Waals surface area contributed by atoms with Gasteiger partial charge in [0.15, 0.2) is 5.13 Å². The topological polar surface area (TPSA) is 42.0 Å². The molecule has 0 aliphatic carbocycles. The van der Waals surface area contributed by atoms with Crippen molar-refractivity contribution in [1.29, 1.82) is 0 Å². The second-order valence-electron chi connectivity index (χ2n) is 4.81. The van der Waals surface area contributed by atoms with Crippen LogP contribution in [0.25, 0.3) is 0 Å². The van der Waals surface area contributed by atoms with Crippen LogP contribution < -0.4 is 5.32 Å². The van der Waals surface area contributed by atoms with Crippen molar-refractivity contribution in [3.05, 3.63) is 40.4 Å². The number of anilines is 1. The largest absolute Gasteiger partial charge is 0.298 e. The van der Waals surface area contributed by atoms with Gasteiger partial charge in [0.05, 0.1) is 5.69 Å². The number of hydrogen-bond acceptors (Lipinski definition) is 4. The van der Waals surface area contributed by atoms with Crippen LogP contribution >= 0.6 is 23.1 Å². The number of carbonyl (C=O) groups excluding carboxylic acids is 1. The molecule has 1 aromatic carbocycles. The number of aromatic nitrogens is 1. The number of amides is 1. The molecule has 106 valence electrons. The predicted octanol–water partition coefficient (Wildman–Crippen LogP) is 4.51. The van der Waals surface area contributed by atoms with Gasteiger partial charge in [-0.25, -0.2) is 4.98 Å². The lowest BCUT2D eigenvalue weighted by Crippen LogP contribution is -2.11. The minimum atomic E-state index is -0.107. The van der Waals surface area contributed by atoms with E-state index in [1.807, 2.05) is 38.1 Å². The van der Waals surface area contributed by atoms with Gasteiger partial charge in [0.1, 0.15) is 0 Å². The summed E-state index contributed by atoms with van der Waals surface area (Å²) in [5.74, 6) is -0.107. The Bertz CT molecular complexity index is 601. The van der Waals surface area contributed by atoms with Crippen molar-refractivity contribution in [2.75, 3.05) is 5.32 Å². The fourth-order valence-corrected chi connectivity index (χ4v) is 3.38. The maximum absolute atomic E-state index is 12.2. The summed E-state index contributed by atoms with van der Waals surface area (Å²) in [6, 6.07) is 7.69. The first-order valence-electron chi connectivity index (χ1n) is 6.48. The molecule has 1 heterocycles. The van der Waals surface area contributed by atoms with Gasteiger partial charge in [-0.1, -0.05) is 19.9 Å². The van der Waals surface area contributed by atoms with E-state index in [1.165, 1.54) is 11.3 Å². The van der Waals surface area contributed by atoms with Gasteiger partial charge in [0.25, 0.3) is 5.91 Å². The lowest BCUT2D eigenvalue weighted by molar-refractivity contribution is 0.102. The summed E-state index contributed by atoms with van der Waals surface area (Å²) in [6.07, 6.45) is 0. The van der Waals surface area contributed by atoms with E-state index >= 15 is 0 Å². The number of carbonyl (C=O) groups is 1. The van der Waals surface area contributed by atoms with Crippen LogP contribution in [0, 0.1) is 13.8 Å². The molecule has 0 unspecified atom stereocenters. The molecule has 0 saturated carbocycles. The first kappa shape index (κ1) is 15.1. The number of rotatable bonds is 4. The van der Waals surface area contributed by atoms with Crippen molar-refractivity contribution in [3.63, 3.8) is 0 Å². The molecular weight excluding hydrogens is 288 g/mol. The maximum atomic E-state index is 12.2. The van der Waals surface area contributed by atoms with Crippen molar-refractivity contribution >= 4 is 34.1 Å².